The number of methoxy groups -OCH3 is 1. The van der Waals surface area contributed by atoms with Crippen molar-refractivity contribution in [3.8, 4) is 0 Å². The summed E-state index contributed by atoms with van der Waals surface area (Å²) in [4.78, 5) is 30.6. The fraction of sp³-hybridized carbons (Fsp3) is 0.389. The van der Waals surface area contributed by atoms with Crippen LogP contribution in [-0.2, 0) is 9.53 Å². The summed E-state index contributed by atoms with van der Waals surface area (Å²) in [6, 6.07) is 9.22. The van der Waals surface area contributed by atoms with Gasteiger partial charge in [0.25, 0.3) is 5.91 Å². The largest absolute Gasteiger partial charge is 0.382 e. The van der Waals surface area contributed by atoms with Crippen molar-refractivity contribution in [1.29, 1.82) is 0 Å². The molecule has 2 amide bonds. The number of pyridine rings is 1. The van der Waals surface area contributed by atoms with Gasteiger partial charge in [0.15, 0.2) is 0 Å². The SMILES string of the molecule is COCC1(CC(N)=O)CCCN1C(=O)c1ccc2ncccc2c1. The number of amides is 2. The van der Waals surface area contributed by atoms with Gasteiger partial charge in [-0.25, -0.2) is 0 Å². The predicted molar refractivity (Wildman–Crippen MR) is 90.4 cm³/mol. The lowest BCUT2D eigenvalue weighted by Gasteiger charge is -2.37. The van der Waals surface area contributed by atoms with Crippen LogP contribution in [0, 0.1) is 0 Å². The average Bonchev–Trinajstić information content (AvgIpc) is 2.96. The van der Waals surface area contributed by atoms with Crippen LogP contribution < -0.4 is 5.73 Å². The monoisotopic (exact) mass is 327 g/mol. The molecule has 1 aliphatic heterocycles. The van der Waals surface area contributed by atoms with E-state index in [0.29, 0.717) is 25.1 Å². The van der Waals surface area contributed by atoms with Gasteiger partial charge in [-0.3, -0.25) is 14.6 Å². The van der Waals surface area contributed by atoms with Crippen LogP contribution in [0.25, 0.3) is 10.9 Å². The lowest BCUT2D eigenvalue weighted by Crippen LogP contribution is -2.52. The summed E-state index contributed by atoms with van der Waals surface area (Å²) in [6.45, 7) is 0.900. The van der Waals surface area contributed by atoms with Crippen LogP contribution >= 0.6 is 0 Å². The van der Waals surface area contributed by atoms with Crippen molar-refractivity contribution >= 4 is 22.7 Å². The molecule has 0 radical (unpaired) electrons. The predicted octanol–water partition coefficient (Wildman–Crippen LogP) is 1.73. The molecule has 0 aliphatic carbocycles. The zero-order valence-electron chi connectivity index (χ0n) is 13.7. The molecule has 2 heterocycles. The Hall–Kier alpha value is -2.47. The van der Waals surface area contributed by atoms with Crippen LogP contribution in [-0.4, -0.2) is 47.5 Å². The van der Waals surface area contributed by atoms with Crippen LogP contribution in [0.2, 0.25) is 0 Å². The first-order valence-corrected chi connectivity index (χ1v) is 8.00. The number of ether oxygens (including phenoxy) is 1. The van der Waals surface area contributed by atoms with Crippen molar-refractivity contribution in [2.45, 2.75) is 24.8 Å². The smallest absolute Gasteiger partial charge is 0.254 e. The van der Waals surface area contributed by atoms with Gasteiger partial charge in [0.1, 0.15) is 0 Å². The van der Waals surface area contributed by atoms with E-state index in [1.54, 1.807) is 24.3 Å². The third kappa shape index (κ3) is 2.97. The Bertz CT molecular complexity index is 777. The first-order valence-electron chi connectivity index (χ1n) is 8.00. The number of fused-ring (bicyclic) bond motifs is 1. The molecule has 6 nitrogen and oxygen atoms in total. The highest BCUT2D eigenvalue weighted by atomic mass is 16.5. The summed E-state index contributed by atoms with van der Waals surface area (Å²) >= 11 is 0. The van der Waals surface area contributed by atoms with Gasteiger partial charge in [-0.15, -0.1) is 0 Å². The van der Waals surface area contributed by atoms with Crippen molar-refractivity contribution < 1.29 is 14.3 Å². The van der Waals surface area contributed by atoms with E-state index in [2.05, 4.69) is 4.98 Å². The van der Waals surface area contributed by atoms with E-state index in [-0.39, 0.29) is 12.3 Å². The first kappa shape index (κ1) is 16.4. The normalized spacial score (nSPS) is 20.5. The summed E-state index contributed by atoms with van der Waals surface area (Å²) in [6.07, 6.45) is 3.38. The van der Waals surface area contributed by atoms with Crippen molar-refractivity contribution in [1.82, 2.24) is 9.88 Å². The maximum absolute atomic E-state index is 13.1. The topological polar surface area (TPSA) is 85.5 Å². The third-order valence-electron chi connectivity index (χ3n) is 4.61. The first-order chi connectivity index (χ1) is 11.6. The number of benzene rings is 1. The lowest BCUT2D eigenvalue weighted by molar-refractivity contribution is -0.121. The van der Waals surface area contributed by atoms with Crippen LogP contribution in [0.4, 0.5) is 0 Å². The maximum atomic E-state index is 13.1. The maximum Gasteiger partial charge on any atom is 0.254 e. The minimum atomic E-state index is -0.651. The number of rotatable bonds is 5. The Morgan fingerprint density at radius 2 is 2.21 bits per heavy atom. The third-order valence-corrected chi connectivity index (χ3v) is 4.61. The van der Waals surface area contributed by atoms with E-state index in [1.165, 1.54) is 0 Å². The highest BCUT2D eigenvalue weighted by Gasteiger charge is 2.45. The summed E-state index contributed by atoms with van der Waals surface area (Å²) in [5.74, 6) is -0.522. The minimum absolute atomic E-state index is 0.100. The number of carbonyl (C=O) groups is 2. The zero-order chi connectivity index (χ0) is 17.2. The van der Waals surface area contributed by atoms with E-state index in [0.717, 1.165) is 17.3 Å². The molecule has 3 rings (SSSR count). The molecule has 0 saturated carbocycles. The number of hydrogen-bond acceptors (Lipinski definition) is 4. The second kappa shape index (κ2) is 6.57. The van der Waals surface area contributed by atoms with Gasteiger partial charge in [-0.05, 0) is 37.1 Å². The quantitative estimate of drug-likeness (QED) is 0.906. The molecule has 6 heteroatoms. The van der Waals surface area contributed by atoms with E-state index >= 15 is 0 Å². The molecule has 0 spiro atoms. The fourth-order valence-electron chi connectivity index (χ4n) is 3.60. The molecule has 1 atom stereocenters. The van der Waals surface area contributed by atoms with Gasteiger partial charge < -0.3 is 15.4 Å². The standard InChI is InChI=1S/C18H21N3O3/c1-24-12-18(11-16(19)22)7-3-9-21(18)17(23)14-5-6-15-13(10-14)4-2-8-20-15/h2,4-6,8,10H,3,7,9,11-12H2,1H3,(H2,19,22). The number of nitrogens with zero attached hydrogens (tertiary/aromatic N) is 2. The minimum Gasteiger partial charge on any atom is -0.382 e. The number of carbonyl (C=O) groups excluding carboxylic acids is 2. The number of nitrogens with two attached hydrogens (primary N) is 1. The molecule has 1 aromatic heterocycles. The molecule has 1 aliphatic rings. The highest BCUT2D eigenvalue weighted by molar-refractivity contribution is 5.98. The molecule has 1 aromatic carbocycles. The summed E-state index contributed by atoms with van der Waals surface area (Å²) in [5.41, 5.74) is 6.20. The Morgan fingerprint density at radius 3 is 2.96 bits per heavy atom. The highest BCUT2D eigenvalue weighted by Crippen LogP contribution is 2.34. The molecule has 0 bridgehead atoms. The van der Waals surface area contributed by atoms with E-state index < -0.39 is 11.4 Å². The number of aromatic nitrogens is 1. The molecule has 2 aromatic rings. The Morgan fingerprint density at radius 1 is 1.38 bits per heavy atom. The lowest BCUT2D eigenvalue weighted by atomic mass is 9.91. The van der Waals surface area contributed by atoms with Crippen molar-refractivity contribution in [3.05, 3.63) is 42.1 Å². The molecular formula is C18H21N3O3. The van der Waals surface area contributed by atoms with Gasteiger partial charge in [0, 0.05) is 30.8 Å². The summed E-state index contributed by atoms with van der Waals surface area (Å²) in [5, 5.41) is 0.912. The second-order valence-electron chi connectivity index (χ2n) is 6.27. The van der Waals surface area contributed by atoms with Crippen molar-refractivity contribution in [2.24, 2.45) is 5.73 Å². The fourth-order valence-corrected chi connectivity index (χ4v) is 3.60. The van der Waals surface area contributed by atoms with Crippen molar-refractivity contribution in [2.75, 3.05) is 20.3 Å². The van der Waals surface area contributed by atoms with Crippen LogP contribution in [0.15, 0.2) is 36.5 Å². The van der Waals surface area contributed by atoms with Gasteiger partial charge in [0.05, 0.1) is 24.1 Å². The Labute approximate surface area is 140 Å². The average molecular weight is 327 g/mol. The molecule has 1 fully saturated rings. The van der Waals surface area contributed by atoms with Gasteiger partial charge in [-0.2, -0.15) is 0 Å². The number of hydrogen-bond donors (Lipinski definition) is 1. The number of primary amides is 1. The van der Waals surface area contributed by atoms with Crippen LogP contribution in [0.1, 0.15) is 29.6 Å². The van der Waals surface area contributed by atoms with Gasteiger partial charge in [-0.1, -0.05) is 6.07 Å². The molecule has 1 unspecified atom stereocenters. The van der Waals surface area contributed by atoms with E-state index in [1.807, 2.05) is 24.3 Å². The van der Waals surface area contributed by atoms with Crippen molar-refractivity contribution in [3.63, 3.8) is 0 Å². The zero-order valence-corrected chi connectivity index (χ0v) is 13.7. The Kier molecular flexibility index (Phi) is 4.49. The van der Waals surface area contributed by atoms with Gasteiger partial charge >= 0.3 is 0 Å². The Balaban J connectivity index is 1.94. The van der Waals surface area contributed by atoms with Crippen LogP contribution in [0.3, 0.4) is 0 Å². The summed E-state index contributed by atoms with van der Waals surface area (Å²) < 4.78 is 5.30. The molecule has 126 valence electrons. The second-order valence-corrected chi connectivity index (χ2v) is 6.27. The van der Waals surface area contributed by atoms with Crippen LogP contribution in [0.5, 0.6) is 0 Å². The number of likely N-dealkylation sites (tertiary alicyclic amines) is 1. The van der Waals surface area contributed by atoms with E-state index in [9.17, 15) is 9.59 Å². The van der Waals surface area contributed by atoms with E-state index in [4.69, 9.17) is 10.5 Å². The van der Waals surface area contributed by atoms with Gasteiger partial charge in [0.2, 0.25) is 5.91 Å². The molecule has 1 saturated heterocycles. The summed E-state index contributed by atoms with van der Waals surface area (Å²) in [7, 11) is 1.57. The molecular weight excluding hydrogens is 306 g/mol. The molecule has 2 N–H and O–H groups in total. The molecule has 24 heavy (non-hydrogen) atoms.